The Balaban J connectivity index is 1.74. The molecule has 0 bridgehead atoms. The van der Waals surface area contributed by atoms with Gasteiger partial charge in [0.2, 0.25) is 0 Å². The van der Waals surface area contributed by atoms with Gasteiger partial charge in [0.25, 0.3) is 5.56 Å². The number of methoxy groups -OCH3 is 2. The SMILES string of the molecule is COCCn1nnnc1[C@@H](C(C)C)N(Cc1cccs1)Cc1cc2cc(OC)ccc2[nH]c1=O. The molecule has 0 fully saturated rings. The molecular weight excluding hydrogens is 452 g/mol. The first-order valence-corrected chi connectivity index (χ1v) is 12.1. The molecule has 0 aliphatic rings. The third kappa shape index (κ3) is 5.35. The summed E-state index contributed by atoms with van der Waals surface area (Å²) in [4.78, 5) is 19.5. The largest absolute Gasteiger partial charge is 0.497 e. The van der Waals surface area contributed by atoms with E-state index in [4.69, 9.17) is 9.47 Å². The molecular formula is C24H30N6O3S. The van der Waals surface area contributed by atoms with Gasteiger partial charge in [-0.25, -0.2) is 4.68 Å². The van der Waals surface area contributed by atoms with Crippen molar-refractivity contribution in [1.29, 1.82) is 0 Å². The van der Waals surface area contributed by atoms with Crippen LogP contribution in [0.3, 0.4) is 0 Å². The number of nitrogens with zero attached hydrogens (tertiary/aromatic N) is 5. The molecule has 4 aromatic rings. The summed E-state index contributed by atoms with van der Waals surface area (Å²) in [5.74, 6) is 1.72. The Morgan fingerprint density at radius 2 is 2.03 bits per heavy atom. The number of hydrogen-bond donors (Lipinski definition) is 1. The number of aromatic amines is 1. The van der Waals surface area contributed by atoms with Gasteiger partial charge >= 0.3 is 0 Å². The summed E-state index contributed by atoms with van der Waals surface area (Å²) in [6, 6.07) is 11.6. The van der Waals surface area contributed by atoms with Crippen LogP contribution in [0.15, 0.2) is 46.6 Å². The summed E-state index contributed by atoms with van der Waals surface area (Å²) >= 11 is 1.70. The van der Waals surface area contributed by atoms with E-state index in [1.54, 1.807) is 30.2 Å². The van der Waals surface area contributed by atoms with Gasteiger partial charge in [0, 0.05) is 41.5 Å². The lowest BCUT2D eigenvalue weighted by Gasteiger charge is -2.33. The molecule has 4 rings (SSSR count). The van der Waals surface area contributed by atoms with Crippen LogP contribution in [0.4, 0.5) is 0 Å². The minimum absolute atomic E-state index is 0.102. The molecule has 1 aromatic carbocycles. The van der Waals surface area contributed by atoms with Gasteiger partial charge in [-0.15, -0.1) is 16.4 Å². The molecule has 34 heavy (non-hydrogen) atoms. The molecule has 9 nitrogen and oxygen atoms in total. The average Bonchev–Trinajstić information content (AvgIpc) is 3.50. The maximum Gasteiger partial charge on any atom is 0.252 e. The smallest absolute Gasteiger partial charge is 0.252 e. The van der Waals surface area contributed by atoms with E-state index in [-0.39, 0.29) is 17.5 Å². The fraction of sp³-hybridized carbons (Fsp3) is 0.417. The Labute approximate surface area is 202 Å². The van der Waals surface area contributed by atoms with Crippen LogP contribution in [0.1, 0.15) is 36.2 Å². The zero-order chi connectivity index (χ0) is 24.1. The molecule has 1 N–H and O–H groups in total. The van der Waals surface area contributed by atoms with Crippen molar-refractivity contribution in [3.8, 4) is 5.75 Å². The third-order valence-corrected chi connectivity index (χ3v) is 6.66. The first-order chi connectivity index (χ1) is 16.5. The van der Waals surface area contributed by atoms with Crippen molar-refractivity contribution in [3.63, 3.8) is 0 Å². The number of fused-ring (bicyclic) bond motifs is 1. The summed E-state index contributed by atoms with van der Waals surface area (Å²) in [6.07, 6.45) is 0. The highest BCUT2D eigenvalue weighted by Gasteiger charge is 2.30. The summed E-state index contributed by atoms with van der Waals surface area (Å²) in [7, 11) is 3.30. The molecule has 0 aliphatic heterocycles. The molecule has 0 saturated heterocycles. The number of pyridine rings is 1. The molecule has 0 saturated carbocycles. The second kappa shape index (κ2) is 10.9. The number of nitrogens with one attached hydrogen (secondary N) is 1. The second-order valence-corrected chi connectivity index (χ2v) is 9.54. The topological polar surface area (TPSA) is 98.2 Å². The van der Waals surface area contributed by atoms with E-state index in [1.807, 2.05) is 30.3 Å². The van der Waals surface area contributed by atoms with Crippen molar-refractivity contribution >= 4 is 22.2 Å². The van der Waals surface area contributed by atoms with Gasteiger partial charge < -0.3 is 14.5 Å². The maximum absolute atomic E-state index is 13.0. The fourth-order valence-electron chi connectivity index (χ4n) is 4.19. The Bertz CT molecular complexity index is 1270. The molecule has 10 heteroatoms. The van der Waals surface area contributed by atoms with Crippen LogP contribution in [-0.2, 0) is 24.4 Å². The summed E-state index contributed by atoms with van der Waals surface area (Å²) in [5.41, 5.74) is 1.36. The highest BCUT2D eigenvalue weighted by Crippen LogP contribution is 2.31. The van der Waals surface area contributed by atoms with Crippen molar-refractivity contribution in [1.82, 2.24) is 30.1 Å². The van der Waals surface area contributed by atoms with Gasteiger partial charge in [-0.1, -0.05) is 19.9 Å². The lowest BCUT2D eigenvalue weighted by Crippen LogP contribution is -2.35. The van der Waals surface area contributed by atoms with Crippen molar-refractivity contribution < 1.29 is 9.47 Å². The second-order valence-electron chi connectivity index (χ2n) is 8.50. The van der Waals surface area contributed by atoms with Crippen molar-refractivity contribution in [2.75, 3.05) is 20.8 Å². The molecule has 0 radical (unpaired) electrons. The summed E-state index contributed by atoms with van der Waals surface area (Å²) in [5, 5.41) is 15.5. The van der Waals surface area contributed by atoms with Crippen LogP contribution >= 0.6 is 11.3 Å². The first-order valence-electron chi connectivity index (χ1n) is 11.2. The quantitative estimate of drug-likeness (QED) is 0.349. The highest BCUT2D eigenvalue weighted by molar-refractivity contribution is 7.09. The number of tetrazole rings is 1. The number of thiophene rings is 1. The number of aromatic nitrogens is 5. The first kappa shape index (κ1) is 24.1. The van der Waals surface area contributed by atoms with E-state index in [0.29, 0.717) is 31.8 Å². The highest BCUT2D eigenvalue weighted by atomic mass is 32.1. The standard InChI is InChI=1S/C24H30N6O3S/c1-16(2)22(23-26-27-28-30(23)9-10-32-3)29(15-20-6-5-11-34-20)14-18-12-17-13-19(33-4)7-8-21(17)25-24(18)31/h5-8,11-13,16,22H,9-10,14-15H2,1-4H3,(H,25,31)/t22-/m1/s1. The van der Waals surface area contributed by atoms with Crippen LogP contribution in [-0.4, -0.2) is 50.9 Å². The normalized spacial score (nSPS) is 12.6. The molecule has 3 heterocycles. The fourth-order valence-corrected chi connectivity index (χ4v) is 4.92. The zero-order valence-electron chi connectivity index (χ0n) is 19.9. The van der Waals surface area contributed by atoms with Gasteiger partial charge in [-0.05, 0) is 52.1 Å². The van der Waals surface area contributed by atoms with Crippen LogP contribution in [0.2, 0.25) is 0 Å². The number of rotatable bonds is 11. The van der Waals surface area contributed by atoms with Crippen LogP contribution in [0.25, 0.3) is 10.9 Å². The average molecular weight is 483 g/mol. The van der Waals surface area contributed by atoms with Crippen molar-refractivity contribution in [3.05, 3.63) is 68.4 Å². The van der Waals surface area contributed by atoms with Crippen molar-refractivity contribution in [2.45, 2.75) is 39.5 Å². The van der Waals surface area contributed by atoms with Crippen LogP contribution in [0.5, 0.6) is 5.75 Å². The van der Waals surface area contributed by atoms with Gasteiger partial charge in [0.05, 0.1) is 26.3 Å². The third-order valence-electron chi connectivity index (χ3n) is 5.80. The predicted molar refractivity (Wildman–Crippen MR) is 132 cm³/mol. The molecule has 180 valence electrons. The minimum atomic E-state index is -0.102. The summed E-state index contributed by atoms with van der Waals surface area (Å²) in [6.45, 7) is 6.49. The monoisotopic (exact) mass is 482 g/mol. The van der Waals surface area contributed by atoms with Crippen molar-refractivity contribution in [2.24, 2.45) is 5.92 Å². The van der Waals surface area contributed by atoms with Gasteiger partial charge in [-0.3, -0.25) is 9.69 Å². The lowest BCUT2D eigenvalue weighted by molar-refractivity contribution is 0.122. The molecule has 0 spiro atoms. The zero-order valence-corrected chi connectivity index (χ0v) is 20.7. The molecule has 0 amide bonds. The van der Waals surface area contributed by atoms with E-state index in [0.717, 1.165) is 22.5 Å². The summed E-state index contributed by atoms with van der Waals surface area (Å²) < 4.78 is 12.4. The number of ether oxygens (including phenoxy) is 2. The van der Waals surface area contributed by atoms with E-state index in [1.165, 1.54) is 4.88 Å². The Morgan fingerprint density at radius 1 is 1.18 bits per heavy atom. The molecule has 0 aliphatic carbocycles. The molecule has 1 atom stereocenters. The Hall–Kier alpha value is -3.08. The van der Waals surface area contributed by atoms with Gasteiger partial charge in [0.1, 0.15) is 5.75 Å². The maximum atomic E-state index is 13.0. The molecule has 0 unspecified atom stereocenters. The van der Waals surface area contributed by atoms with E-state index < -0.39 is 0 Å². The van der Waals surface area contributed by atoms with E-state index in [2.05, 4.69) is 50.7 Å². The number of benzene rings is 1. The predicted octanol–water partition coefficient (Wildman–Crippen LogP) is 3.63. The Kier molecular flexibility index (Phi) is 7.71. The van der Waals surface area contributed by atoms with Crippen LogP contribution in [0, 0.1) is 5.92 Å². The van der Waals surface area contributed by atoms with E-state index >= 15 is 0 Å². The lowest BCUT2D eigenvalue weighted by atomic mass is 10.00. The van der Waals surface area contributed by atoms with E-state index in [9.17, 15) is 4.79 Å². The van der Waals surface area contributed by atoms with Crippen LogP contribution < -0.4 is 10.3 Å². The molecule has 3 aromatic heterocycles. The van der Waals surface area contributed by atoms with Gasteiger partial charge in [-0.2, -0.15) is 0 Å². The number of hydrogen-bond acceptors (Lipinski definition) is 8. The number of H-pyrrole nitrogens is 1. The van der Waals surface area contributed by atoms with Gasteiger partial charge in [0.15, 0.2) is 5.82 Å². The minimum Gasteiger partial charge on any atom is -0.497 e. The Morgan fingerprint density at radius 3 is 2.74 bits per heavy atom.